The molecule has 0 saturated carbocycles. The Balaban J connectivity index is 2.26. The van der Waals surface area contributed by atoms with Crippen molar-refractivity contribution in [3.63, 3.8) is 0 Å². The molecule has 0 spiro atoms. The second-order valence-corrected chi connectivity index (χ2v) is 4.28. The van der Waals surface area contributed by atoms with Gasteiger partial charge in [0.2, 0.25) is 5.91 Å². The molecule has 0 saturated heterocycles. The number of nitrogens with one attached hydrogen (secondary N) is 1. The molecule has 0 heterocycles. The van der Waals surface area contributed by atoms with Gasteiger partial charge in [0.05, 0.1) is 12.0 Å². The molecule has 1 amide bonds. The van der Waals surface area contributed by atoms with Crippen LogP contribution in [-0.2, 0) is 4.79 Å². The smallest absolute Gasteiger partial charge is 0.221 e. The summed E-state index contributed by atoms with van der Waals surface area (Å²) in [4.78, 5) is 10.9. The molecule has 2 aromatic carbocycles. The summed E-state index contributed by atoms with van der Waals surface area (Å²) in [5.41, 5.74) is 2.63. The minimum Gasteiger partial charge on any atom is -0.326 e. The van der Waals surface area contributed by atoms with E-state index in [4.69, 9.17) is 0 Å². The molecule has 0 bridgehead atoms. The van der Waals surface area contributed by atoms with Crippen molar-refractivity contribution in [1.29, 1.82) is 5.26 Å². The van der Waals surface area contributed by atoms with E-state index in [2.05, 4.69) is 11.4 Å². The normalized spacial score (nSPS) is 11.4. The Hall–Kier alpha value is -2.60. The predicted octanol–water partition coefficient (Wildman–Crippen LogP) is 3.30. The molecule has 0 aromatic heterocycles. The summed E-state index contributed by atoms with van der Waals surface area (Å²) in [5.74, 6) is -0.389. The van der Waals surface area contributed by atoms with Gasteiger partial charge in [-0.05, 0) is 23.3 Å². The third-order valence-electron chi connectivity index (χ3n) is 2.83. The second kappa shape index (κ2) is 5.83. The number of nitriles is 1. The monoisotopic (exact) mass is 250 g/mol. The van der Waals surface area contributed by atoms with E-state index in [1.165, 1.54) is 6.92 Å². The van der Waals surface area contributed by atoms with Crippen LogP contribution >= 0.6 is 0 Å². The minimum atomic E-state index is -0.285. The molecule has 2 aromatic rings. The maximum absolute atomic E-state index is 10.9. The highest BCUT2D eigenvalue weighted by Crippen LogP contribution is 2.24. The number of rotatable bonds is 3. The lowest BCUT2D eigenvalue weighted by Crippen LogP contribution is -2.06. The van der Waals surface area contributed by atoms with E-state index in [0.717, 1.165) is 16.8 Å². The van der Waals surface area contributed by atoms with Crippen molar-refractivity contribution in [2.75, 3.05) is 5.32 Å². The van der Waals surface area contributed by atoms with Gasteiger partial charge in [0.25, 0.3) is 0 Å². The highest BCUT2D eigenvalue weighted by molar-refractivity contribution is 5.88. The van der Waals surface area contributed by atoms with E-state index in [1.54, 1.807) is 0 Å². The topological polar surface area (TPSA) is 52.9 Å². The molecule has 3 nitrogen and oxygen atoms in total. The first-order chi connectivity index (χ1) is 9.20. The van der Waals surface area contributed by atoms with Crippen molar-refractivity contribution >= 4 is 11.6 Å². The molecule has 0 aliphatic heterocycles. The Labute approximate surface area is 112 Å². The van der Waals surface area contributed by atoms with Gasteiger partial charge < -0.3 is 5.32 Å². The van der Waals surface area contributed by atoms with Gasteiger partial charge in [0.1, 0.15) is 0 Å². The molecule has 3 heteroatoms. The van der Waals surface area contributed by atoms with Crippen LogP contribution in [0, 0.1) is 11.3 Å². The van der Waals surface area contributed by atoms with E-state index in [0.29, 0.717) is 0 Å². The first kappa shape index (κ1) is 12.8. The number of amides is 1. The Morgan fingerprint density at radius 2 is 1.63 bits per heavy atom. The largest absolute Gasteiger partial charge is 0.326 e. The Morgan fingerprint density at radius 1 is 1.05 bits per heavy atom. The lowest BCUT2D eigenvalue weighted by atomic mass is 9.92. The van der Waals surface area contributed by atoms with Crippen LogP contribution in [0.3, 0.4) is 0 Å². The maximum atomic E-state index is 10.9. The molecule has 0 aliphatic rings. The molecule has 0 unspecified atom stereocenters. The third-order valence-corrected chi connectivity index (χ3v) is 2.83. The quantitative estimate of drug-likeness (QED) is 0.908. The van der Waals surface area contributed by atoms with Crippen molar-refractivity contribution in [3.05, 3.63) is 65.7 Å². The van der Waals surface area contributed by atoms with E-state index in [9.17, 15) is 10.1 Å². The Kier molecular flexibility index (Phi) is 3.94. The number of anilines is 1. The van der Waals surface area contributed by atoms with Gasteiger partial charge in [-0.25, -0.2) is 0 Å². The third kappa shape index (κ3) is 3.20. The molecule has 1 N–H and O–H groups in total. The van der Waals surface area contributed by atoms with Crippen LogP contribution < -0.4 is 5.32 Å². The summed E-state index contributed by atoms with van der Waals surface area (Å²) in [6, 6.07) is 19.3. The van der Waals surface area contributed by atoms with E-state index < -0.39 is 0 Å². The fourth-order valence-electron chi connectivity index (χ4n) is 1.95. The predicted molar refractivity (Wildman–Crippen MR) is 74.6 cm³/mol. The number of benzene rings is 2. The zero-order valence-electron chi connectivity index (χ0n) is 10.6. The molecule has 0 aliphatic carbocycles. The number of hydrogen-bond donors (Lipinski definition) is 1. The molecule has 19 heavy (non-hydrogen) atoms. The average Bonchev–Trinajstić information content (AvgIpc) is 2.42. The van der Waals surface area contributed by atoms with Crippen molar-refractivity contribution in [3.8, 4) is 6.07 Å². The summed E-state index contributed by atoms with van der Waals surface area (Å²) < 4.78 is 0. The second-order valence-electron chi connectivity index (χ2n) is 4.28. The molecular formula is C16H14N2O. The molecule has 2 rings (SSSR count). The number of carbonyl (C=O) groups excluding carboxylic acids is 1. The van der Waals surface area contributed by atoms with Crippen molar-refractivity contribution < 1.29 is 4.79 Å². The van der Waals surface area contributed by atoms with Crippen LogP contribution in [-0.4, -0.2) is 5.91 Å². The lowest BCUT2D eigenvalue weighted by Gasteiger charge is -2.10. The van der Waals surface area contributed by atoms with Gasteiger partial charge in [-0.1, -0.05) is 42.5 Å². The fourth-order valence-corrected chi connectivity index (χ4v) is 1.95. The Bertz CT molecular complexity index is 597. The van der Waals surface area contributed by atoms with E-state index >= 15 is 0 Å². The van der Waals surface area contributed by atoms with Gasteiger partial charge in [-0.3, -0.25) is 4.79 Å². The average molecular weight is 250 g/mol. The van der Waals surface area contributed by atoms with Gasteiger partial charge in [0, 0.05) is 12.6 Å². The molecular weight excluding hydrogens is 236 g/mol. The summed E-state index contributed by atoms with van der Waals surface area (Å²) >= 11 is 0. The van der Waals surface area contributed by atoms with Crippen molar-refractivity contribution in [2.24, 2.45) is 0 Å². The number of carbonyl (C=O) groups is 1. The van der Waals surface area contributed by atoms with Crippen LogP contribution in [0.15, 0.2) is 54.6 Å². The maximum Gasteiger partial charge on any atom is 0.221 e. The first-order valence-corrected chi connectivity index (χ1v) is 6.03. The van der Waals surface area contributed by atoms with Crippen LogP contribution in [0.4, 0.5) is 5.69 Å². The Morgan fingerprint density at radius 3 is 2.16 bits per heavy atom. The SMILES string of the molecule is CC(=O)Nc1ccc([C@@H](C#N)c2ccccc2)cc1. The molecule has 0 fully saturated rings. The van der Waals surface area contributed by atoms with Crippen molar-refractivity contribution in [2.45, 2.75) is 12.8 Å². The summed E-state index contributed by atoms with van der Waals surface area (Å²) in [7, 11) is 0. The van der Waals surface area contributed by atoms with Gasteiger partial charge >= 0.3 is 0 Å². The summed E-state index contributed by atoms with van der Waals surface area (Å²) in [6.07, 6.45) is 0. The summed E-state index contributed by atoms with van der Waals surface area (Å²) in [6.45, 7) is 1.47. The molecule has 0 radical (unpaired) electrons. The zero-order valence-corrected chi connectivity index (χ0v) is 10.6. The number of hydrogen-bond acceptors (Lipinski definition) is 2. The van der Waals surface area contributed by atoms with E-state index in [-0.39, 0.29) is 11.8 Å². The highest BCUT2D eigenvalue weighted by atomic mass is 16.1. The van der Waals surface area contributed by atoms with Crippen molar-refractivity contribution in [1.82, 2.24) is 0 Å². The number of nitrogens with zero attached hydrogens (tertiary/aromatic N) is 1. The standard InChI is InChI=1S/C16H14N2O/c1-12(19)18-15-9-7-14(8-10-15)16(11-17)13-5-3-2-4-6-13/h2-10,16H,1H3,(H,18,19)/t16-/m0/s1. The lowest BCUT2D eigenvalue weighted by molar-refractivity contribution is -0.114. The van der Waals surface area contributed by atoms with Crippen LogP contribution in [0.25, 0.3) is 0 Å². The fraction of sp³-hybridized carbons (Fsp3) is 0.125. The molecule has 94 valence electrons. The van der Waals surface area contributed by atoms with Crippen LogP contribution in [0.2, 0.25) is 0 Å². The van der Waals surface area contributed by atoms with Gasteiger partial charge in [0.15, 0.2) is 0 Å². The van der Waals surface area contributed by atoms with E-state index in [1.807, 2.05) is 54.6 Å². The highest BCUT2D eigenvalue weighted by Gasteiger charge is 2.12. The van der Waals surface area contributed by atoms with Gasteiger partial charge in [-0.15, -0.1) is 0 Å². The van der Waals surface area contributed by atoms with Crippen LogP contribution in [0.5, 0.6) is 0 Å². The van der Waals surface area contributed by atoms with Crippen LogP contribution in [0.1, 0.15) is 24.0 Å². The minimum absolute atomic E-state index is 0.104. The first-order valence-electron chi connectivity index (χ1n) is 6.03. The molecule has 1 atom stereocenters. The zero-order chi connectivity index (χ0) is 13.7. The van der Waals surface area contributed by atoms with Gasteiger partial charge in [-0.2, -0.15) is 5.26 Å². The summed E-state index contributed by atoms with van der Waals surface area (Å²) in [5, 5.41) is 12.0.